The first-order valence-electron chi connectivity index (χ1n) is 4.74. The molecule has 80 valence electrons. The van der Waals surface area contributed by atoms with E-state index in [0.717, 1.165) is 16.3 Å². The summed E-state index contributed by atoms with van der Waals surface area (Å²) in [6.45, 7) is 2.02. The maximum absolute atomic E-state index is 10.5. The molecule has 0 aliphatic carbocycles. The maximum atomic E-state index is 10.5. The minimum absolute atomic E-state index is 0.479. The molecule has 0 unspecified atom stereocenters. The standard InChI is InChI=1S/C12H9BrN2O/c1-8-2-3-10(11(13)4-8)12-14-5-9(7-16)6-15-12/h2-7H,1H3. The van der Waals surface area contributed by atoms with Crippen LogP contribution < -0.4 is 0 Å². The van der Waals surface area contributed by atoms with E-state index in [9.17, 15) is 4.79 Å². The summed E-state index contributed by atoms with van der Waals surface area (Å²) >= 11 is 3.47. The molecule has 4 heteroatoms. The molecule has 3 nitrogen and oxygen atoms in total. The molecule has 0 bridgehead atoms. The SMILES string of the molecule is Cc1ccc(-c2ncc(C=O)cn2)c(Br)c1. The van der Waals surface area contributed by atoms with Crippen molar-refractivity contribution in [3.8, 4) is 11.4 Å². The lowest BCUT2D eigenvalue weighted by molar-refractivity contribution is 0.112. The van der Waals surface area contributed by atoms with Crippen LogP contribution in [0.4, 0.5) is 0 Å². The Hall–Kier alpha value is -1.55. The van der Waals surface area contributed by atoms with Crippen molar-refractivity contribution in [3.05, 3.63) is 46.2 Å². The predicted molar refractivity (Wildman–Crippen MR) is 65.3 cm³/mol. The Balaban J connectivity index is 2.46. The van der Waals surface area contributed by atoms with E-state index >= 15 is 0 Å². The zero-order valence-corrected chi connectivity index (χ0v) is 10.2. The monoisotopic (exact) mass is 276 g/mol. The van der Waals surface area contributed by atoms with Gasteiger partial charge in [-0.15, -0.1) is 0 Å². The Bertz CT molecular complexity index is 523. The van der Waals surface area contributed by atoms with Gasteiger partial charge in [-0.05, 0) is 24.6 Å². The fourth-order valence-corrected chi connectivity index (χ4v) is 2.01. The van der Waals surface area contributed by atoms with Crippen LogP contribution in [0.1, 0.15) is 15.9 Å². The Morgan fingerprint density at radius 3 is 2.50 bits per heavy atom. The van der Waals surface area contributed by atoms with E-state index in [1.54, 1.807) is 0 Å². The number of rotatable bonds is 2. The van der Waals surface area contributed by atoms with Crippen LogP contribution in [-0.2, 0) is 0 Å². The summed E-state index contributed by atoms with van der Waals surface area (Å²) in [5, 5.41) is 0. The van der Waals surface area contributed by atoms with Crippen molar-refractivity contribution < 1.29 is 4.79 Å². The quantitative estimate of drug-likeness (QED) is 0.792. The third kappa shape index (κ3) is 2.17. The number of nitrogens with zero attached hydrogens (tertiary/aromatic N) is 2. The maximum Gasteiger partial charge on any atom is 0.160 e. The van der Waals surface area contributed by atoms with Gasteiger partial charge in [-0.3, -0.25) is 4.79 Å². The fraction of sp³-hybridized carbons (Fsp3) is 0.0833. The molecular weight excluding hydrogens is 268 g/mol. The van der Waals surface area contributed by atoms with Gasteiger partial charge in [0.2, 0.25) is 0 Å². The first kappa shape index (κ1) is 11.0. The normalized spacial score (nSPS) is 10.1. The van der Waals surface area contributed by atoms with Crippen LogP contribution in [0.3, 0.4) is 0 Å². The van der Waals surface area contributed by atoms with Crippen molar-refractivity contribution in [3.63, 3.8) is 0 Å². The Morgan fingerprint density at radius 2 is 1.94 bits per heavy atom. The molecule has 2 rings (SSSR count). The second kappa shape index (κ2) is 4.53. The molecule has 0 fully saturated rings. The second-order valence-electron chi connectivity index (χ2n) is 3.44. The lowest BCUT2D eigenvalue weighted by Gasteiger charge is -2.03. The van der Waals surface area contributed by atoms with Gasteiger partial charge in [-0.25, -0.2) is 9.97 Å². The second-order valence-corrected chi connectivity index (χ2v) is 4.30. The molecule has 0 atom stereocenters. The molecule has 16 heavy (non-hydrogen) atoms. The van der Waals surface area contributed by atoms with Gasteiger partial charge in [0.05, 0.1) is 5.56 Å². The van der Waals surface area contributed by atoms with Gasteiger partial charge in [-0.2, -0.15) is 0 Å². The number of hydrogen-bond donors (Lipinski definition) is 0. The van der Waals surface area contributed by atoms with E-state index < -0.39 is 0 Å². The number of halogens is 1. The van der Waals surface area contributed by atoms with E-state index in [0.29, 0.717) is 11.4 Å². The first-order valence-corrected chi connectivity index (χ1v) is 5.54. The van der Waals surface area contributed by atoms with Gasteiger partial charge in [0.1, 0.15) is 0 Å². The molecule has 2 aromatic rings. The average Bonchev–Trinajstić information content (AvgIpc) is 2.29. The van der Waals surface area contributed by atoms with Crippen molar-refractivity contribution in [2.24, 2.45) is 0 Å². The van der Waals surface area contributed by atoms with Crippen LogP contribution in [0.25, 0.3) is 11.4 Å². The van der Waals surface area contributed by atoms with Crippen LogP contribution in [0.15, 0.2) is 35.1 Å². The number of carbonyl (C=O) groups is 1. The summed E-state index contributed by atoms with van der Waals surface area (Å²) in [5.74, 6) is 0.609. The van der Waals surface area contributed by atoms with E-state index in [1.165, 1.54) is 18.0 Å². The highest BCUT2D eigenvalue weighted by atomic mass is 79.9. The molecule has 0 saturated carbocycles. The zero-order valence-electron chi connectivity index (χ0n) is 8.64. The molecular formula is C12H9BrN2O. The third-order valence-electron chi connectivity index (χ3n) is 2.17. The molecule has 0 N–H and O–H groups in total. The van der Waals surface area contributed by atoms with Crippen molar-refractivity contribution in [2.45, 2.75) is 6.92 Å². The lowest BCUT2D eigenvalue weighted by atomic mass is 10.1. The largest absolute Gasteiger partial charge is 0.298 e. The molecule has 0 radical (unpaired) electrons. The van der Waals surface area contributed by atoms with Crippen LogP contribution in [-0.4, -0.2) is 16.3 Å². The highest BCUT2D eigenvalue weighted by molar-refractivity contribution is 9.10. The zero-order chi connectivity index (χ0) is 11.5. The minimum atomic E-state index is 0.479. The van der Waals surface area contributed by atoms with Crippen LogP contribution in [0.2, 0.25) is 0 Å². The molecule has 0 spiro atoms. The summed E-state index contributed by atoms with van der Waals surface area (Å²) in [4.78, 5) is 18.8. The van der Waals surface area contributed by atoms with Crippen LogP contribution in [0, 0.1) is 6.92 Å². The summed E-state index contributed by atoms with van der Waals surface area (Å²) in [6.07, 6.45) is 3.76. The van der Waals surface area contributed by atoms with Gasteiger partial charge in [-0.1, -0.05) is 22.0 Å². The van der Waals surface area contributed by atoms with Crippen molar-refractivity contribution >= 4 is 22.2 Å². The molecule has 0 aliphatic heterocycles. The van der Waals surface area contributed by atoms with Crippen LogP contribution >= 0.6 is 15.9 Å². The molecule has 1 heterocycles. The van der Waals surface area contributed by atoms with Crippen LogP contribution in [0.5, 0.6) is 0 Å². The Morgan fingerprint density at radius 1 is 1.25 bits per heavy atom. The van der Waals surface area contributed by atoms with E-state index in [1.807, 2.05) is 25.1 Å². The molecule has 1 aromatic heterocycles. The smallest absolute Gasteiger partial charge is 0.160 e. The predicted octanol–water partition coefficient (Wildman–Crippen LogP) is 3.03. The highest BCUT2D eigenvalue weighted by Crippen LogP contribution is 2.26. The van der Waals surface area contributed by atoms with Crippen molar-refractivity contribution in [2.75, 3.05) is 0 Å². The Kier molecular flexibility index (Phi) is 3.10. The minimum Gasteiger partial charge on any atom is -0.298 e. The number of aryl methyl sites for hydroxylation is 1. The number of carbonyl (C=O) groups excluding carboxylic acids is 1. The molecule has 0 amide bonds. The topological polar surface area (TPSA) is 42.9 Å². The summed E-state index contributed by atoms with van der Waals surface area (Å²) < 4.78 is 0.950. The summed E-state index contributed by atoms with van der Waals surface area (Å²) in [5.41, 5.74) is 2.56. The van der Waals surface area contributed by atoms with E-state index in [2.05, 4.69) is 25.9 Å². The summed E-state index contributed by atoms with van der Waals surface area (Å²) in [7, 11) is 0. The molecule has 1 aromatic carbocycles. The first-order chi connectivity index (χ1) is 7.70. The fourth-order valence-electron chi connectivity index (χ4n) is 1.34. The summed E-state index contributed by atoms with van der Waals surface area (Å²) in [6, 6.07) is 5.96. The van der Waals surface area contributed by atoms with Gasteiger partial charge in [0.15, 0.2) is 12.1 Å². The molecule has 0 saturated heterocycles. The van der Waals surface area contributed by atoms with Crippen molar-refractivity contribution in [1.29, 1.82) is 0 Å². The molecule has 0 aliphatic rings. The number of benzene rings is 1. The lowest BCUT2D eigenvalue weighted by Crippen LogP contribution is -1.92. The number of hydrogen-bond acceptors (Lipinski definition) is 3. The van der Waals surface area contributed by atoms with Gasteiger partial charge in [0.25, 0.3) is 0 Å². The number of aldehydes is 1. The highest BCUT2D eigenvalue weighted by Gasteiger charge is 2.05. The van der Waals surface area contributed by atoms with E-state index in [-0.39, 0.29) is 0 Å². The van der Waals surface area contributed by atoms with Crippen molar-refractivity contribution in [1.82, 2.24) is 9.97 Å². The average molecular weight is 277 g/mol. The van der Waals surface area contributed by atoms with E-state index in [4.69, 9.17) is 0 Å². The van der Waals surface area contributed by atoms with Gasteiger partial charge < -0.3 is 0 Å². The van der Waals surface area contributed by atoms with Gasteiger partial charge >= 0.3 is 0 Å². The third-order valence-corrected chi connectivity index (χ3v) is 2.83. The number of aromatic nitrogens is 2. The van der Waals surface area contributed by atoms with Gasteiger partial charge in [0, 0.05) is 22.4 Å². The Labute approximate surface area is 102 Å².